The standard InChI is InChI=1S/C24H32FN3O4S/c1-17(2)14-26-24(30)19(4)27(15-20-10-8-9-18(3)13-20)23(29)16-28(33(5,31)32)22-12-7-6-11-21(22)25/h6-13,17,19H,14-16H2,1-5H3,(H,26,30)/t19-/m0/s1. The molecule has 180 valence electrons. The summed E-state index contributed by atoms with van der Waals surface area (Å²) in [5, 5.41) is 2.81. The minimum atomic E-state index is -3.97. The number of amides is 2. The fourth-order valence-corrected chi connectivity index (χ4v) is 4.14. The molecule has 1 N–H and O–H groups in total. The molecule has 0 aliphatic carbocycles. The van der Waals surface area contributed by atoms with Crippen LogP contribution in [-0.4, -0.2) is 50.5 Å². The Hall–Kier alpha value is -2.94. The molecular weight excluding hydrogens is 445 g/mol. The summed E-state index contributed by atoms with van der Waals surface area (Å²) in [6.07, 6.45) is 0.913. The molecule has 2 rings (SSSR count). The van der Waals surface area contributed by atoms with E-state index in [0.29, 0.717) is 6.54 Å². The van der Waals surface area contributed by atoms with Gasteiger partial charge in [-0.1, -0.05) is 55.8 Å². The molecule has 2 amide bonds. The number of sulfonamides is 1. The maximum atomic E-state index is 14.4. The average molecular weight is 478 g/mol. The first kappa shape index (κ1) is 26.3. The summed E-state index contributed by atoms with van der Waals surface area (Å²) in [5.74, 6) is -1.49. The van der Waals surface area contributed by atoms with E-state index >= 15 is 0 Å². The van der Waals surface area contributed by atoms with Gasteiger partial charge in [-0.25, -0.2) is 12.8 Å². The molecule has 0 fully saturated rings. The molecule has 9 heteroatoms. The predicted octanol–water partition coefficient (Wildman–Crippen LogP) is 3.09. The lowest BCUT2D eigenvalue weighted by atomic mass is 10.1. The van der Waals surface area contributed by atoms with Crippen molar-refractivity contribution in [3.05, 3.63) is 65.5 Å². The molecule has 0 radical (unpaired) electrons. The second kappa shape index (κ2) is 11.3. The van der Waals surface area contributed by atoms with E-state index in [1.54, 1.807) is 6.92 Å². The molecular formula is C24H32FN3O4S. The zero-order valence-corrected chi connectivity index (χ0v) is 20.5. The second-order valence-electron chi connectivity index (χ2n) is 8.55. The van der Waals surface area contributed by atoms with Crippen molar-refractivity contribution in [1.29, 1.82) is 0 Å². The number of halogens is 1. The lowest BCUT2D eigenvalue weighted by Gasteiger charge is -2.31. The molecule has 0 spiro atoms. The number of para-hydroxylation sites is 1. The Kier molecular flexibility index (Phi) is 8.99. The summed E-state index contributed by atoms with van der Waals surface area (Å²) in [5.41, 5.74) is 1.56. The molecule has 0 saturated heterocycles. The van der Waals surface area contributed by atoms with Crippen molar-refractivity contribution in [2.45, 2.75) is 40.3 Å². The van der Waals surface area contributed by atoms with E-state index in [1.807, 2.05) is 45.0 Å². The number of rotatable bonds is 10. The van der Waals surface area contributed by atoms with Gasteiger partial charge in [0, 0.05) is 13.1 Å². The topological polar surface area (TPSA) is 86.8 Å². The first-order chi connectivity index (χ1) is 15.4. The van der Waals surface area contributed by atoms with Crippen LogP contribution in [0.3, 0.4) is 0 Å². The van der Waals surface area contributed by atoms with Crippen molar-refractivity contribution >= 4 is 27.5 Å². The molecule has 0 aliphatic rings. The third kappa shape index (κ3) is 7.56. The van der Waals surface area contributed by atoms with Gasteiger partial charge in [0.1, 0.15) is 18.4 Å². The van der Waals surface area contributed by atoms with Gasteiger partial charge in [-0.15, -0.1) is 0 Å². The number of hydrogen-bond donors (Lipinski definition) is 1. The number of carbonyl (C=O) groups is 2. The van der Waals surface area contributed by atoms with E-state index in [2.05, 4.69) is 5.32 Å². The highest BCUT2D eigenvalue weighted by Gasteiger charge is 2.31. The van der Waals surface area contributed by atoms with E-state index in [9.17, 15) is 22.4 Å². The lowest BCUT2D eigenvalue weighted by Crippen LogP contribution is -2.51. The van der Waals surface area contributed by atoms with Crippen molar-refractivity contribution in [2.24, 2.45) is 5.92 Å². The Morgan fingerprint density at radius 3 is 2.30 bits per heavy atom. The van der Waals surface area contributed by atoms with Crippen LogP contribution >= 0.6 is 0 Å². The third-order valence-corrected chi connectivity index (χ3v) is 6.21. The van der Waals surface area contributed by atoms with Crippen LogP contribution in [0, 0.1) is 18.7 Å². The Labute approximate surface area is 195 Å². The summed E-state index contributed by atoms with van der Waals surface area (Å²) in [7, 11) is -3.97. The van der Waals surface area contributed by atoms with Gasteiger partial charge in [0.05, 0.1) is 11.9 Å². The number of nitrogens with one attached hydrogen (secondary N) is 1. The molecule has 33 heavy (non-hydrogen) atoms. The highest BCUT2D eigenvalue weighted by Crippen LogP contribution is 2.22. The molecule has 2 aromatic carbocycles. The van der Waals surface area contributed by atoms with Crippen LogP contribution in [0.4, 0.5) is 10.1 Å². The van der Waals surface area contributed by atoms with Crippen molar-refractivity contribution < 1.29 is 22.4 Å². The van der Waals surface area contributed by atoms with Gasteiger partial charge in [-0.3, -0.25) is 13.9 Å². The van der Waals surface area contributed by atoms with Gasteiger partial charge in [-0.05, 0) is 37.5 Å². The SMILES string of the molecule is Cc1cccc(CN(C(=O)CN(c2ccccc2F)S(C)(=O)=O)[C@@H](C)C(=O)NCC(C)C)c1. The first-order valence-electron chi connectivity index (χ1n) is 10.7. The Morgan fingerprint density at radius 1 is 1.06 bits per heavy atom. The third-order valence-electron chi connectivity index (χ3n) is 5.09. The maximum Gasteiger partial charge on any atom is 0.244 e. The van der Waals surface area contributed by atoms with E-state index < -0.39 is 34.3 Å². The van der Waals surface area contributed by atoms with Crippen LogP contribution in [0.25, 0.3) is 0 Å². The number of nitrogens with zero attached hydrogens (tertiary/aromatic N) is 2. The first-order valence-corrected chi connectivity index (χ1v) is 12.6. The molecule has 0 aromatic heterocycles. The van der Waals surface area contributed by atoms with E-state index in [1.165, 1.54) is 23.1 Å². The van der Waals surface area contributed by atoms with Crippen LogP contribution in [0.5, 0.6) is 0 Å². The minimum Gasteiger partial charge on any atom is -0.354 e. The van der Waals surface area contributed by atoms with Gasteiger partial charge >= 0.3 is 0 Å². The second-order valence-corrected chi connectivity index (χ2v) is 10.5. The zero-order valence-electron chi connectivity index (χ0n) is 19.7. The quantitative estimate of drug-likeness (QED) is 0.570. The van der Waals surface area contributed by atoms with Gasteiger partial charge < -0.3 is 10.2 Å². The molecule has 1 atom stereocenters. The fraction of sp³-hybridized carbons (Fsp3) is 0.417. The molecule has 0 aliphatic heterocycles. The number of benzene rings is 2. The van der Waals surface area contributed by atoms with Crippen LogP contribution in [0.2, 0.25) is 0 Å². The zero-order chi connectivity index (χ0) is 24.8. The fourth-order valence-electron chi connectivity index (χ4n) is 3.29. The van der Waals surface area contributed by atoms with Crippen molar-refractivity contribution in [3.8, 4) is 0 Å². The summed E-state index contributed by atoms with van der Waals surface area (Å²) in [6.45, 7) is 7.34. The number of aryl methyl sites for hydroxylation is 1. The van der Waals surface area contributed by atoms with Gasteiger partial charge in [-0.2, -0.15) is 0 Å². The molecule has 0 heterocycles. The van der Waals surface area contributed by atoms with Crippen molar-refractivity contribution in [1.82, 2.24) is 10.2 Å². The Balaban J connectivity index is 2.38. The number of carbonyl (C=O) groups excluding carboxylic acids is 2. The van der Waals surface area contributed by atoms with E-state index in [-0.39, 0.29) is 24.1 Å². The highest BCUT2D eigenvalue weighted by atomic mass is 32.2. The van der Waals surface area contributed by atoms with E-state index in [0.717, 1.165) is 27.8 Å². The highest BCUT2D eigenvalue weighted by molar-refractivity contribution is 7.92. The number of anilines is 1. The van der Waals surface area contributed by atoms with Gasteiger partial charge in [0.25, 0.3) is 0 Å². The average Bonchev–Trinajstić information content (AvgIpc) is 2.73. The van der Waals surface area contributed by atoms with Crippen molar-refractivity contribution in [3.63, 3.8) is 0 Å². The van der Waals surface area contributed by atoms with Crippen LogP contribution in [0.15, 0.2) is 48.5 Å². The van der Waals surface area contributed by atoms with Crippen LogP contribution < -0.4 is 9.62 Å². The number of hydrogen-bond acceptors (Lipinski definition) is 4. The molecule has 0 unspecified atom stereocenters. The maximum absolute atomic E-state index is 14.4. The molecule has 0 saturated carbocycles. The van der Waals surface area contributed by atoms with Gasteiger partial charge in [0.15, 0.2) is 0 Å². The van der Waals surface area contributed by atoms with E-state index in [4.69, 9.17) is 0 Å². The summed E-state index contributed by atoms with van der Waals surface area (Å²) in [6, 6.07) is 12.0. The lowest BCUT2D eigenvalue weighted by molar-refractivity contribution is -0.139. The van der Waals surface area contributed by atoms with Crippen LogP contribution in [0.1, 0.15) is 31.9 Å². The van der Waals surface area contributed by atoms with Gasteiger partial charge in [0.2, 0.25) is 21.8 Å². The molecule has 2 aromatic rings. The summed E-state index contributed by atoms with van der Waals surface area (Å²) in [4.78, 5) is 27.5. The Bertz CT molecular complexity index is 1090. The largest absolute Gasteiger partial charge is 0.354 e. The molecule has 0 bridgehead atoms. The molecule has 7 nitrogen and oxygen atoms in total. The predicted molar refractivity (Wildman–Crippen MR) is 128 cm³/mol. The Morgan fingerprint density at radius 2 is 1.73 bits per heavy atom. The van der Waals surface area contributed by atoms with Crippen LogP contribution in [-0.2, 0) is 26.2 Å². The minimum absolute atomic E-state index is 0.103. The van der Waals surface area contributed by atoms with Crippen molar-refractivity contribution in [2.75, 3.05) is 23.7 Å². The summed E-state index contributed by atoms with van der Waals surface area (Å²) >= 11 is 0. The summed E-state index contributed by atoms with van der Waals surface area (Å²) < 4.78 is 40.0. The smallest absolute Gasteiger partial charge is 0.244 e. The monoisotopic (exact) mass is 477 g/mol. The normalized spacial score (nSPS) is 12.3.